The summed E-state index contributed by atoms with van der Waals surface area (Å²) in [6.45, 7) is 5.50. The first kappa shape index (κ1) is 14.2. The number of carboxylic acid groups (broad SMARTS) is 1. The first-order valence-electron chi connectivity index (χ1n) is 5.76. The SMILES string of the molecule is Cc1cc(C(=O)O[C@H](CC(C)C)C(=O)O)ccn1. The minimum atomic E-state index is -1.12. The molecule has 1 atom stereocenters. The van der Waals surface area contributed by atoms with Crippen molar-refractivity contribution in [3.63, 3.8) is 0 Å². The van der Waals surface area contributed by atoms with Crippen LogP contribution in [-0.2, 0) is 9.53 Å². The van der Waals surface area contributed by atoms with Gasteiger partial charge in [-0.2, -0.15) is 0 Å². The van der Waals surface area contributed by atoms with E-state index < -0.39 is 18.0 Å². The van der Waals surface area contributed by atoms with Crippen LogP contribution < -0.4 is 0 Å². The van der Waals surface area contributed by atoms with Crippen LogP contribution in [0.3, 0.4) is 0 Å². The molecule has 0 radical (unpaired) electrons. The van der Waals surface area contributed by atoms with E-state index in [1.54, 1.807) is 13.0 Å². The molecule has 18 heavy (non-hydrogen) atoms. The maximum atomic E-state index is 11.8. The highest BCUT2D eigenvalue weighted by Crippen LogP contribution is 2.12. The lowest BCUT2D eigenvalue weighted by Crippen LogP contribution is -2.28. The van der Waals surface area contributed by atoms with Gasteiger partial charge in [-0.05, 0) is 31.4 Å². The highest BCUT2D eigenvalue weighted by atomic mass is 16.6. The summed E-state index contributed by atoms with van der Waals surface area (Å²) in [6, 6.07) is 3.07. The molecule has 0 bridgehead atoms. The summed E-state index contributed by atoms with van der Waals surface area (Å²) in [5.74, 6) is -1.62. The highest BCUT2D eigenvalue weighted by molar-refractivity contribution is 5.91. The van der Waals surface area contributed by atoms with Crippen LogP contribution in [0.15, 0.2) is 18.3 Å². The average molecular weight is 251 g/mol. The Morgan fingerprint density at radius 2 is 2.11 bits per heavy atom. The molecule has 1 N–H and O–H groups in total. The molecular weight excluding hydrogens is 234 g/mol. The first-order chi connectivity index (χ1) is 8.40. The number of aromatic nitrogens is 1. The number of pyridine rings is 1. The van der Waals surface area contributed by atoms with E-state index in [0.29, 0.717) is 17.7 Å². The van der Waals surface area contributed by atoms with Crippen LogP contribution in [0, 0.1) is 12.8 Å². The molecule has 0 saturated heterocycles. The van der Waals surface area contributed by atoms with Gasteiger partial charge >= 0.3 is 11.9 Å². The molecule has 98 valence electrons. The van der Waals surface area contributed by atoms with Crippen LogP contribution >= 0.6 is 0 Å². The molecule has 1 heterocycles. The van der Waals surface area contributed by atoms with Crippen LogP contribution in [0.4, 0.5) is 0 Å². The molecule has 1 aromatic rings. The number of carboxylic acids is 1. The number of hydrogen-bond acceptors (Lipinski definition) is 4. The van der Waals surface area contributed by atoms with Gasteiger partial charge in [0, 0.05) is 11.9 Å². The Balaban J connectivity index is 2.75. The van der Waals surface area contributed by atoms with Gasteiger partial charge in [0.15, 0.2) is 6.10 Å². The van der Waals surface area contributed by atoms with Crippen molar-refractivity contribution in [1.82, 2.24) is 4.98 Å². The number of carbonyl (C=O) groups is 2. The zero-order chi connectivity index (χ0) is 13.7. The van der Waals surface area contributed by atoms with Gasteiger partial charge in [0.1, 0.15) is 0 Å². The van der Waals surface area contributed by atoms with Crippen molar-refractivity contribution in [2.45, 2.75) is 33.3 Å². The van der Waals surface area contributed by atoms with Gasteiger partial charge in [0.25, 0.3) is 0 Å². The number of aryl methyl sites for hydroxylation is 1. The van der Waals surface area contributed by atoms with E-state index in [1.807, 2.05) is 13.8 Å². The van der Waals surface area contributed by atoms with Gasteiger partial charge in [-0.1, -0.05) is 13.8 Å². The van der Waals surface area contributed by atoms with Crippen molar-refractivity contribution in [3.05, 3.63) is 29.6 Å². The van der Waals surface area contributed by atoms with E-state index in [9.17, 15) is 9.59 Å². The van der Waals surface area contributed by atoms with E-state index in [0.717, 1.165) is 0 Å². The summed E-state index contributed by atoms with van der Waals surface area (Å²) in [5, 5.41) is 8.98. The van der Waals surface area contributed by atoms with Crippen LogP contribution in [0.1, 0.15) is 36.3 Å². The van der Waals surface area contributed by atoms with E-state index >= 15 is 0 Å². The van der Waals surface area contributed by atoms with Gasteiger partial charge in [-0.15, -0.1) is 0 Å². The lowest BCUT2D eigenvalue weighted by atomic mass is 10.1. The fraction of sp³-hybridized carbons (Fsp3) is 0.462. The Bertz CT molecular complexity index is 442. The number of ether oxygens (including phenoxy) is 1. The monoisotopic (exact) mass is 251 g/mol. The van der Waals surface area contributed by atoms with E-state index in [2.05, 4.69) is 4.98 Å². The third kappa shape index (κ3) is 4.16. The summed E-state index contributed by atoms with van der Waals surface area (Å²) >= 11 is 0. The molecule has 0 aromatic carbocycles. The minimum absolute atomic E-state index is 0.137. The average Bonchev–Trinajstić information content (AvgIpc) is 2.27. The Kier molecular flexibility index (Phi) is 4.83. The number of rotatable bonds is 5. The number of carbonyl (C=O) groups excluding carboxylic acids is 1. The van der Waals surface area contributed by atoms with Gasteiger partial charge in [-0.3, -0.25) is 4.98 Å². The van der Waals surface area contributed by atoms with Crippen molar-refractivity contribution in [1.29, 1.82) is 0 Å². The van der Waals surface area contributed by atoms with Crippen molar-refractivity contribution in [2.24, 2.45) is 5.92 Å². The van der Waals surface area contributed by atoms with Gasteiger partial charge in [-0.25, -0.2) is 9.59 Å². The summed E-state index contributed by atoms with van der Waals surface area (Å²) in [5.41, 5.74) is 0.998. The molecule has 1 aromatic heterocycles. The number of hydrogen-bond donors (Lipinski definition) is 1. The predicted molar refractivity (Wildman–Crippen MR) is 65.3 cm³/mol. The smallest absolute Gasteiger partial charge is 0.345 e. The van der Waals surface area contributed by atoms with Crippen LogP contribution in [-0.4, -0.2) is 28.1 Å². The molecule has 0 spiro atoms. The van der Waals surface area contributed by atoms with E-state index in [-0.39, 0.29) is 5.92 Å². The summed E-state index contributed by atoms with van der Waals surface area (Å²) in [6.07, 6.45) is 0.681. The maximum absolute atomic E-state index is 11.8. The molecular formula is C13H17NO4. The molecule has 0 saturated carbocycles. The van der Waals surface area contributed by atoms with E-state index in [4.69, 9.17) is 9.84 Å². The maximum Gasteiger partial charge on any atom is 0.345 e. The van der Waals surface area contributed by atoms with E-state index in [1.165, 1.54) is 12.3 Å². The molecule has 0 fully saturated rings. The number of aliphatic carboxylic acids is 1. The summed E-state index contributed by atoms with van der Waals surface area (Å²) < 4.78 is 5.00. The summed E-state index contributed by atoms with van der Waals surface area (Å²) in [7, 11) is 0. The number of nitrogens with zero attached hydrogens (tertiary/aromatic N) is 1. The summed E-state index contributed by atoms with van der Waals surface area (Å²) in [4.78, 5) is 26.7. The minimum Gasteiger partial charge on any atom is -0.479 e. The van der Waals surface area contributed by atoms with Crippen molar-refractivity contribution in [2.75, 3.05) is 0 Å². The van der Waals surface area contributed by atoms with Crippen LogP contribution in [0.5, 0.6) is 0 Å². The molecule has 0 aliphatic heterocycles. The Labute approximate surface area is 106 Å². The van der Waals surface area contributed by atoms with Crippen molar-refractivity contribution < 1.29 is 19.4 Å². The normalized spacial score (nSPS) is 12.2. The highest BCUT2D eigenvalue weighted by Gasteiger charge is 2.24. The second kappa shape index (κ2) is 6.14. The lowest BCUT2D eigenvalue weighted by molar-refractivity contribution is -0.148. The second-order valence-electron chi connectivity index (χ2n) is 4.55. The quantitative estimate of drug-likeness (QED) is 0.810. The fourth-order valence-electron chi connectivity index (χ4n) is 1.50. The van der Waals surface area contributed by atoms with Crippen LogP contribution in [0.2, 0.25) is 0 Å². The topological polar surface area (TPSA) is 76.5 Å². The largest absolute Gasteiger partial charge is 0.479 e. The third-order valence-corrected chi connectivity index (χ3v) is 2.34. The molecule has 1 rings (SSSR count). The van der Waals surface area contributed by atoms with Crippen molar-refractivity contribution in [3.8, 4) is 0 Å². The van der Waals surface area contributed by atoms with Gasteiger partial charge in [0.2, 0.25) is 0 Å². The van der Waals surface area contributed by atoms with Crippen LogP contribution in [0.25, 0.3) is 0 Å². The van der Waals surface area contributed by atoms with Gasteiger partial charge in [0.05, 0.1) is 5.56 Å². The number of esters is 1. The fourth-order valence-corrected chi connectivity index (χ4v) is 1.50. The predicted octanol–water partition coefficient (Wildman–Crippen LogP) is 2.05. The molecule has 0 aliphatic rings. The molecule has 0 amide bonds. The third-order valence-electron chi connectivity index (χ3n) is 2.34. The molecule has 5 nitrogen and oxygen atoms in total. The molecule has 5 heteroatoms. The zero-order valence-corrected chi connectivity index (χ0v) is 10.7. The standard InChI is InChI=1S/C13H17NO4/c1-8(2)6-11(12(15)16)18-13(17)10-4-5-14-9(3)7-10/h4-5,7-8,11H,6H2,1-3H3,(H,15,16)/t11-/m1/s1. The Hall–Kier alpha value is -1.91. The Morgan fingerprint density at radius 3 is 2.61 bits per heavy atom. The van der Waals surface area contributed by atoms with Crippen molar-refractivity contribution >= 4 is 11.9 Å². The molecule has 0 aliphatic carbocycles. The Morgan fingerprint density at radius 1 is 1.44 bits per heavy atom. The molecule has 0 unspecified atom stereocenters. The second-order valence-corrected chi connectivity index (χ2v) is 4.55. The van der Waals surface area contributed by atoms with Gasteiger partial charge < -0.3 is 9.84 Å². The lowest BCUT2D eigenvalue weighted by Gasteiger charge is -2.15. The zero-order valence-electron chi connectivity index (χ0n) is 10.7. The first-order valence-corrected chi connectivity index (χ1v) is 5.76.